The Labute approximate surface area is 137 Å². The van der Waals surface area contributed by atoms with E-state index < -0.39 is 0 Å². The van der Waals surface area contributed by atoms with Crippen LogP contribution in [0.15, 0.2) is 42.1 Å². The van der Waals surface area contributed by atoms with Gasteiger partial charge >= 0.3 is 0 Å². The molecule has 0 saturated carbocycles. The van der Waals surface area contributed by atoms with Crippen LogP contribution in [0.1, 0.15) is 18.4 Å². The van der Waals surface area contributed by atoms with Gasteiger partial charge in [-0.25, -0.2) is 0 Å². The van der Waals surface area contributed by atoms with Crippen LogP contribution in [-0.2, 0) is 6.42 Å². The number of benzene rings is 1. The Kier molecular flexibility index (Phi) is 6.27. The van der Waals surface area contributed by atoms with Crippen LogP contribution >= 0.6 is 12.2 Å². The van der Waals surface area contributed by atoms with Gasteiger partial charge in [0.2, 0.25) is 0 Å². The predicted octanol–water partition coefficient (Wildman–Crippen LogP) is 2.94. The molecule has 0 aromatic heterocycles. The van der Waals surface area contributed by atoms with Crippen molar-refractivity contribution in [3.63, 3.8) is 0 Å². The molecular formula is C17H22N2O2S. The lowest BCUT2D eigenvalue weighted by Crippen LogP contribution is -2.35. The van der Waals surface area contributed by atoms with Crippen LogP contribution in [0.5, 0.6) is 11.5 Å². The van der Waals surface area contributed by atoms with Crippen molar-refractivity contribution in [2.75, 3.05) is 20.8 Å². The smallest absolute Gasteiger partial charge is 0.170 e. The van der Waals surface area contributed by atoms with E-state index in [9.17, 15) is 0 Å². The van der Waals surface area contributed by atoms with Crippen molar-refractivity contribution >= 4 is 17.3 Å². The minimum Gasteiger partial charge on any atom is -0.493 e. The number of hydrogen-bond acceptors (Lipinski definition) is 3. The first-order valence-corrected chi connectivity index (χ1v) is 7.76. The summed E-state index contributed by atoms with van der Waals surface area (Å²) in [5.41, 5.74) is 2.24. The second kappa shape index (κ2) is 8.44. The molecule has 118 valence electrons. The molecule has 5 heteroatoms. The Morgan fingerprint density at radius 3 is 2.68 bits per heavy atom. The zero-order valence-corrected chi connectivity index (χ0v) is 13.8. The Bertz CT molecular complexity index is 582. The molecular weight excluding hydrogens is 296 g/mol. The topological polar surface area (TPSA) is 42.5 Å². The summed E-state index contributed by atoms with van der Waals surface area (Å²) in [5.74, 6) is 1.49. The molecule has 0 radical (unpaired) electrons. The van der Waals surface area contributed by atoms with Crippen LogP contribution < -0.4 is 20.1 Å². The number of rotatable bonds is 6. The molecule has 0 bridgehead atoms. The highest BCUT2D eigenvalue weighted by atomic mass is 32.1. The van der Waals surface area contributed by atoms with E-state index in [4.69, 9.17) is 21.7 Å². The maximum atomic E-state index is 5.31. The standard InChI is InChI=1S/C17H22N2O2S/c1-20-15-9-8-13(12-16(15)21-2)10-11-18-17(22)19-14-6-4-3-5-7-14/h4,6-9,12H,3,5,10-11H2,1-2H3,(H2,18,19,22). The van der Waals surface area contributed by atoms with Crippen molar-refractivity contribution in [2.24, 2.45) is 0 Å². The maximum Gasteiger partial charge on any atom is 0.170 e. The first-order valence-electron chi connectivity index (χ1n) is 7.35. The third kappa shape index (κ3) is 4.77. The van der Waals surface area contributed by atoms with Gasteiger partial charge in [-0.3, -0.25) is 0 Å². The van der Waals surface area contributed by atoms with Gasteiger partial charge < -0.3 is 20.1 Å². The van der Waals surface area contributed by atoms with Crippen molar-refractivity contribution in [3.05, 3.63) is 47.7 Å². The van der Waals surface area contributed by atoms with Crippen molar-refractivity contribution < 1.29 is 9.47 Å². The van der Waals surface area contributed by atoms with Crippen molar-refractivity contribution in [1.82, 2.24) is 10.6 Å². The third-order valence-electron chi connectivity index (χ3n) is 3.40. The molecule has 0 fully saturated rings. The molecule has 0 atom stereocenters. The van der Waals surface area contributed by atoms with E-state index in [-0.39, 0.29) is 0 Å². The molecule has 1 aromatic carbocycles. The number of allylic oxidation sites excluding steroid dienone is 3. The predicted molar refractivity (Wildman–Crippen MR) is 93.4 cm³/mol. The quantitative estimate of drug-likeness (QED) is 0.790. The molecule has 0 spiro atoms. The molecule has 0 aliphatic heterocycles. The van der Waals surface area contributed by atoms with Crippen molar-refractivity contribution in [3.8, 4) is 11.5 Å². The summed E-state index contributed by atoms with van der Waals surface area (Å²) in [7, 11) is 3.28. The largest absolute Gasteiger partial charge is 0.493 e. The average Bonchev–Trinajstić information content (AvgIpc) is 2.55. The van der Waals surface area contributed by atoms with Gasteiger partial charge in [0.25, 0.3) is 0 Å². The Morgan fingerprint density at radius 1 is 1.18 bits per heavy atom. The Hall–Kier alpha value is -2.01. The lowest BCUT2D eigenvalue weighted by molar-refractivity contribution is 0.354. The van der Waals surface area contributed by atoms with Gasteiger partial charge in [-0.05, 0) is 55.3 Å². The minimum absolute atomic E-state index is 0.651. The molecule has 2 N–H and O–H groups in total. The number of nitrogens with one attached hydrogen (secondary N) is 2. The van der Waals surface area contributed by atoms with Gasteiger partial charge in [0.15, 0.2) is 16.6 Å². The van der Waals surface area contributed by atoms with Crippen molar-refractivity contribution in [2.45, 2.75) is 19.3 Å². The number of hydrogen-bond donors (Lipinski definition) is 2. The average molecular weight is 318 g/mol. The normalized spacial score (nSPS) is 13.3. The summed E-state index contributed by atoms with van der Waals surface area (Å²) in [4.78, 5) is 0. The highest BCUT2D eigenvalue weighted by molar-refractivity contribution is 7.80. The second-order valence-corrected chi connectivity index (χ2v) is 5.37. The van der Waals surface area contributed by atoms with E-state index in [1.54, 1.807) is 14.2 Å². The lowest BCUT2D eigenvalue weighted by Gasteiger charge is -2.13. The molecule has 22 heavy (non-hydrogen) atoms. The molecule has 0 saturated heterocycles. The number of methoxy groups -OCH3 is 2. The second-order valence-electron chi connectivity index (χ2n) is 4.96. The van der Waals surface area contributed by atoms with Gasteiger partial charge in [0.1, 0.15) is 0 Å². The Morgan fingerprint density at radius 2 is 2.00 bits per heavy atom. The fourth-order valence-electron chi connectivity index (χ4n) is 2.24. The fourth-order valence-corrected chi connectivity index (χ4v) is 2.46. The van der Waals surface area contributed by atoms with Crippen LogP contribution in [0.3, 0.4) is 0 Å². The van der Waals surface area contributed by atoms with E-state index in [0.29, 0.717) is 5.11 Å². The monoisotopic (exact) mass is 318 g/mol. The molecule has 0 heterocycles. The van der Waals surface area contributed by atoms with Crippen LogP contribution in [0, 0.1) is 0 Å². The van der Waals surface area contributed by atoms with E-state index >= 15 is 0 Å². The minimum atomic E-state index is 0.651. The van der Waals surface area contributed by atoms with Crippen molar-refractivity contribution in [1.29, 1.82) is 0 Å². The summed E-state index contributed by atoms with van der Waals surface area (Å²) in [6.45, 7) is 0.762. The maximum absolute atomic E-state index is 5.31. The molecule has 4 nitrogen and oxygen atoms in total. The number of ether oxygens (including phenoxy) is 2. The van der Waals surface area contributed by atoms with Crippen LogP contribution in [0.2, 0.25) is 0 Å². The molecule has 0 amide bonds. The zero-order chi connectivity index (χ0) is 15.8. The molecule has 1 aliphatic rings. The molecule has 2 rings (SSSR count). The SMILES string of the molecule is COc1ccc(CCNC(=S)NC2=CCCC=C2)cc1OC. The summed E-state index contributed by atoms with van der Waals surface area (Å²) in [6, 6.07) is 5.94. The van der Waals surface area contributed by atoms with E-state index in [1.165, 1.54) is 5.56 Å². The summed E-state index contributed by atoms with van der Waals surface area (Å²) in [5, 5.41) is 7.07. The van der Waals surface area contributed by atoms with E-state index in [0.717, 1.165) is 43.0 Å². The highest BCUT2D eigenvalue weighted by Crippen LogP contribution is 2.27. The van der Waals surface area contributed by atoms with Gasteiger partial charge in [0.05, 0.1) is 14.2 Å². The van der Waals surface area contributed by atoms with Crippen LogP contribution in [-0.4, -0.2) is 25.9 Å². The summed E-state index contributed by atoms with van der Waals surface area (Å²) >= 11 is 5.30. The van der Waals surface area contributed by atoms with Gasteiger partial charge in [-0.2, -0.15) is 0 Å². The third-order valence-corrected chi connectivity index (χ3v) is 3.65. The van der Waals surface area contributed by atoms with Gasteiger partial charge in [0, 0.05) is 12.2 Å². The lowest BCUT2D eigenvalue weighted by atomic mass is 10.1. The first-order chi connectivity index (χ1) is 10.7. The summed E-state index contributed by atoms with van der Waals surface area (Å²) < 4.78 is 10.5. The summed E-state index contributed by atoms with van der Waals surface area (Å²) in [6.07, 6.45) is 9.39. The van der Waals surface area contributed by atoms with Crippen LogP contribution in [0.25, 0.3) is 0 Å². The van der Waals surface area contributed by atoms with Gasteiger partial charge in [-0.1, -0.05) is 18.2 Å². The zero-order valence-electron chi connectivity index (χ0n) is 13.0. The van der Waals surface area contributed by atoms with Crippen LogP contribution in [0.4, 0.5) is 0 Å². The van der Waals surface area contributed by atoms with E-state index in [2.05, 4.69) is 28.9 Å². The van der Waals surface area contributed by atoms with E-state index in [1.807, 2.05) is 18.2 Å². The molecule has 1 aromatic rings. The molecule has 1 aliphatic carbocycles. The fraction of sp³-hybridized carbons (Fsp3) is 0.353. The Balaban J connectivity index is 1.79. The van der Waals surface area contributed by atoms with Gasteiger partial charge in [-0.15, -0.1) is 0 Å². The number of thiocarbonyl (C=S) groups is 1. The highest BCUT2D eigenvalue weighted by Gasteiger charge is 2.05. The molecule has 0 unspecified atom stereocenters. The first kappa shape index (κ1) is 16.4.